The molecule has 1 saturated heterocycles. The Morgan fingerprint density at radius 1 is 1.57 bits per heavy atom. The second-order valence-corrected chi connectivity index (χ2v) is 4.20. The van der Waals surface area contributed by atoms with Crippen molar-refractivity contribution in [1.82, 2.24) is 5.32 Å². The highest BCUT2D eigenvalue weighted by molar-refractivity contribution is 6.18. The maximum Gasteiger partial charge on any atom is 0.223 e. The number of hydrogen-bond acceptors (Lipinski definition) is 2. The zero-order chi connectivity index (χ0) is 10.4. The van der Waals surface area contributed by atoms with Gasteiger partial charge in [0.1, 0.15) is 0 Å². The molecular formula is C10H18ClNO2. The standard InChI is InChI=1S/C10H18ClNO2/c1-8(6-11)7-12-10(13)9-2-4-14-5-3-9/h8-9H,2-7H2,1H3,(H,12,13). The van der Waals surface area contributed by atoms with E-state index >= 15 is 0 Å². The molecule has 1 aliphatic heterocycles. The van der Waals surface area contributed by atoms with Crippen LogP contribution in [0.2, 0.25) is 0 Å². The Hall–Kier alpha value is -0.280. The summed E-state index contributed by atoms with van der Waals surface area (Å²) in [5, 5.41) is 2.92. The highest BCUT2D eigenvalue weighted by Gasteiger charge is 2.21. The summed E-state index contributed by atoms with van der Waals surface area (Å²) in [6.45, 7) is 4.13. The third-order valence-corrected chi connectivity index (χ3v) is 3.01. The van der Waals surface area contributed by atoms with Crippen molar-refractivity contribution in [2.75, 3.05) is 25.6 Å². The fraction of sp³-hybridized carbons (Fsp3) is 0.900. The minimum absolute atomic E-state index is 0.145. The van der Waals surface area contributed by atoms with Crippen molar-refractivity contribution >= 4 is 17.5 Å². The molecule has 3 nitrogen and oxygen atoms in total. The molecule has 1 amide bonds. The predicted octanol–water partition coefficient (Wildman–Crippen LogP) is 1.40. The molecule has 0 aromatic rings. The van der Waals surface area contributed by atoms with Gasteiger partial charge in [0, 0.05) is 31.6 Å². The Morgan fingerprint density at radius 3 is 2.79 bits per heavy atom. The Kier molecular flexibility index (Phi) is 5.26. The van der Waals surface area contributed by atoms with Crippen molar-refractivity contribution in [3.05, 3.63) is 0 Å². The number of halogens is 1. The molecule has 1 rings (SSSR count). The molecule has 1 aliphatic rings. The zero-order valence-corrected chi connectivity index (χ0v) is 9.35. The lowest BCUT2D eigenvalue weighted by molar-refractivity contribution is -0.127. The average Bonchev–Trinajstić information content (AvgIpc) is 2.26. The van der Waals surface area contributed by atoms with Crippen LogP contribution in [-0.4, -0.2) is 31.5 Å². The van der Waals surface area contributed by atoms with Crippen LogP contribution in [0.1, 0.15) is 19.8 Å². The van der Waals surface area contributed by atoms with Crippen LogP contribution in [0.15, 0.2) is 0 Å². The molecule has 82 valence electrons. The van der Waals surface area contributed by atoms with E-state index in [9.17, 15) is 4.79 Å². The van der Waals surface area contributed by atoms with Crippen LogP contribution < -0.4 is 5.32 Å². The molecule has 0 saturated carbocycles. The molecule has 0 radical (unpaired) electrons. The van der Waals surface area contributed by atoms with Crippen LogP contribution in [0.5, 0.6) is 0 Å². The molecule has 14 heavy (non-hydrogen) atoms. The number of alkyl halides is 1. The Labute approximate surface area is 90.1 Å². The number of amides is 1. The maximum absolute atomic E-state index is 11.6. The molecule has 1 fully saturated rings. The van der Waals surface area contributed by atoms with Crippen LogP contribution in [0.25, 0.3) is 0 Å². The molecule has 1 heterocycles. The molecule has 1 atom stereocenters. The third kappa shape index (κ3) is 3.84. The number of hydrogen-bond donors (Lipinski definition) is 1. The minimum atomic E-state index is 0.145. The van der Waals surface area contributed by atoms with E-state index in [2.05, 4.69) is 5.32 Å². The van der Waals surface area contributed by atoms with Crippen molar-refractivity contribution < 1.29 is 9.53 Å². The van der Waals surface area contributed by atoms with Crippen LogP contribution in [0.3, 0.4) is 0 Å². The van der Waals surface area contributed by atoms with Gasteiger partial charge in [-0.25, -0.2) is 0 Å². The second kappa shape index (κ2) is 6.25. The molecule has 0 spiro atoms. The van der Waals surface area contributed by atoms with E-state index in [1.165, 1.54) is 0 Å². The Balaban J connectivity index is 2.19. The van der Waals surface area contributed by atoms with Gasteiger partial charge in [-0.3, -0.25) is 4.79 Å². The first-order chi connectivity index (χ1) is 6.74. The summed E-state index contributed by atoms with van der Waals surface area (Å²) in [5.74, 6) is 1.24. The summed E-state index contributed by atoms with van der Waals surface area (Å²) >= 11 is 5.65. The summed E-state index contributed by atoms with van der Waals surface area (Å²) in [5.41, 5.74) is 0. The summed E-state index contributed by atoms with van der Waals surface area (Å²) in [4.78, 5) is 11.6. The summed E-state index contributed by atoms with van der Waals surface area (Å²) in [6.07, 6.45) is 1.70. The second-order valence-electron chi connectivity index (χ2n) is 3.89. The van der Waals surface area contributed by atoms with Crippen molar-refractivity contribution in [3.8, 4) is 0 Å². The average molecular weight is 220 g/mol. The lowest BCUT2D eigenvalue weighted by Gasteiger charge is -2.21. The molecule has 4 heteroatoms. The summed E-state index contributed by atoms with van der Waals surface area (Å²) < 4.78 is 5.20. The minimum Gasteiger partial charge on any atom is -0.381 e. The lowest BCUT2D eigenvalue weighted by atomic mass is 9.99. The third-order valence-electron chi connectivity index (χ3n) is 2.48. The predicted molar refractivity (Wildman–Crippen MR) is 56.4 cm³/mol. The fourth-order valence-electron chi connectivity index (χ4n) is 1.43. The first-order valence-electron chi connectivity index (χ1n) is 5.15. The first kappa shape index (κ1) is 11.8. The number of carbonyl (C=O) groups is 1. The fourth-order valence-corrected chi connectivity index (χ4v) is 1.54. The summed E-state index contributed by atoms with van der Waals surface area (Å²) in [6, 6.07) is 0. The summed E-state index contributed by atoms with van der Waals surface area (Å²) in [7, 11) is 0. The van der Waals surface area contributed by atoms with Crippen molar-refractivity contribution in [3.63, 3.8) is 0 Å². The van der Waals surface area contributed by atoms with E-state index in [1.54, 1.807) is 0 Å². The quantitative estimate of drug-likeness (QED) is 0.726. The van der Waals surface area contributed by atoms with E-state index in [1.807, 2.05) is 6.92 Å². The van der Waals surface area contributed by atoms with Gasteiger partial charge in [0.2, 0.25) is 5.91 Å². The number of carbonyl (C=O) groups excluding carboxylic acids is 1. The van der Waals surface area contributed by atoms with Gasteiger partial charge >= 0.3 is 0 Å². The van der Waals surface area contributed by atoms with Gasteiger partial charge in [0.25, 0.3) is 0 Å². The number of ether oxygens (including phenoxy) is 1. The molecule has 0 aromatic heterocycles. The normalized spacial score (nSPS) is 20.4. The van der Waals surface area contributed by atoms with Crippen LogP contribution in [0, 0.1) is 11.8 Å². The SMILES string of the molecule is CC(CCl)CNC(=O)C1CCOCC1. The highest BCUT2D eigenvalue weighted by atomic mass is 35.5. The molecular weight excluding hydrogens is 202 g/mol. The zero-order valence-electron chi connectivity index (χ0n) is 8.59. The first-order valence-corrected chi connectivity index (χ1v) is 5.69. The lowest BCUT2D eigenvalue weighted by Crippen LogP contribution is -2.36. The van der Waals surface area contributed by atoms with Gasteiger partial charge in [-0.15, -0.1) is 11.6 Å². The smallest absolute Gasteiger partial charge is 0.223 e. The van der Waals surface area contributed by atoms with Gasteiger partial charge < -0.3 is 10.1 Å². The van der Waals surface area contributed by atoms with E-state index < -0.39 is 0 Å². The van der Waals surface area contributed by atoms with Crippen LogP contribution in [0.4, 0.5) is 0 Å². The van der Waals surface area contributed by atoms with E-state index in [0.29, 0.717) is 31.6 Å². The molecule has 0 aromatic carbocycles. The van der Waals surface area contributed by atoms with Gasteiger partial charge in [-0.2, -0.15) is 0 Å². The van der Waals surface area contributed by atoms with Crippen LogP contribution >= 0.6 is 11.6 Å². The van der Waals surface area contributed by atoms with Gasteiger partial charge in [0.05, 0.1) is 0 Å². The molecule has 0 bridgehead atoms. The number of rotatable bonds is 4. The number of nitrogens with one attached hydrogen (secondary N) is 1. The van der Waals surface area contributed by atoms with Crippen molar-refractivity contribution in [2.45, 2.75) is 19.8 Å². The van der Waals surface area contributed by atoms with E-state index in [4.69, 9.17) is 16.3 Å². The topological polar surface area (TPSA) is 38.3 Å². The van der Waals surface area contributed by atoms with Crippen molar-refractivity contribution in [2.24, 2.45) is 11.8 Å². The Bertz CT molecular complexity index is 181. The maximum atomic E-state index is 11.6. The van der Waals surface area contributed by atoms with Gasteiger partial charge in [-0.1, -0.05) is 6.92 Å². The highest BCUT2D eigenvalue weighted by Crippen LogP contribution is 2.14. The van der Waals surface area contributed by atoms with Crippen LogP contribution in [-0.2, 0) is 9.53 Å². The molecule has 1 unspecified atom stereocenters. The molecule has 0 aliphatic carbocycles. The van der Waals surface area contributed by atoms with Crippen molar-refractivity contribution in [1.29, 1.82) is 0 Å². The van der Waals surface area contributed by atoms with E-state index in [0.717, 1.165) is 12.8 Å². The Morgan fingerprint density at radius 2 is 2.21 bits per heavy atom. The van der Waals surface area contributed by atoms with E-state index in [-0.39, 0.29) is 11.8 Å². The molecule has 1 N–H and O–H groups in total. The largest absolute Gasteiger partial charge is 0.381 e. The monoisotopic (exact) mass is 219 g/mol. The van der Waals surface area contributed by atoms with Gasteiger partial charge in [-0.05, 0) is 18.8 Å². The van der Waals surface area contributed by atoms with Gasteiger partial charge in [0.15, 0.2) is 0 Å².